The highest BCUT2D eigenvalue weighted by Crippen LogP contribution is 2.26. The highest BCUT2D eigenvalue weighted by atomic mass is 16.5. The predicted molar refractivity (Wildman–Crippen MR) is 124 cm³/mol. The third-order valence-corrected chi connectivity index (χ3v) is 6.24. The maximum atomic E-state index is 6.04. The van der Waals surface area contributed by atoms with E-state index in [0.717, 1.165) is 82.0 Å². The molecular formula is C25H31N5O2. The van der Waals surface area contributed by atoms with Gasteiger partial charge < -0.3 is 14.1 Å². The number of piperazine rings is 1. The standard InChI is InChI=1S/C25H31N5O2/c1-2-22-5-6-23(32-22)19-29-14-15-31-24-7-4-20(16-21(24)18-29)17-28-10-12-30(13-11-28)25-26-8-3-9-27-25/h3-9,16H,2,10-15,17-19H2,1H3. The Bertz CT molecular complexity index is 1010. The molecule has 5 rings (SSSR count). The fourth-order valence-corrected chi connectivity index (χ4v) is 4.47. The van der Waals surface area contributed by atoms with Crippen LogP contribution in [0.3, 0.4) is 0 Å². The summed E-state index contributed by atoms with van der Waals surface area (Å²) in [6.07, 6.45) is 4.55. The Kier molecular flexibility index (Phi) is 6.36. The molecule has 0 aliphatic carbocycles. The summed E-state index contributed by atoms with van der Waals surface area (Å²) in [7, 11) is 0. The number of benzene rings is 1. The number of fused-ring (bicyclic) bond motifs is 1. The van der Waals surface area contributed by atoms with Crippen LogP contribution in [0.25, 0.3) is 0 Å². The van der Waals surface area contributed by atoms with E-state index in [0.29, 0.717) is 6.61 Å². The van der Waals surface area contributed by atoms with Gasteiger partial charge in [0.1, 0.15) is 23.9 Å². The number of anilines is 1. The molecule has 0 spiro atoms. The Morgan fingerprint density at radius 2 is 1.69 bits per heavy atom. The molecule has 7 nitrogen and oxygen atoms in total. The number of ether oxygens (including phenoxy) is 1. The van der Waals surface area contributed by atoms with Crippen LogP contribution in [0.1, 0.15) is 29.6 Å². The van der Waals surface area contributed by atoms with E-state index in [2.05, 4.69) is 61.9 Å². The van der Waals surface area contributed by atoms with Crippen LogP contribution < -0.4 is 9.64 Å². The van der Waals surface area contributed by atoms with Crippen molar-refractivity contribution in [3.8, 4) is 5.75 Å². The summed E-state index contributed by atoms with van der Waals surface area (Å²) < 4.78 is 12.0. The van der Waals surface area contributed by atoms with Gasteiger partial charge in [-0.2, -0.15) is 0 Å². The van der Waals surface area contributed by atoms with E-state index in [4.69, 9.17) is 9.15 Å². The van der Waals surface area contributed by atoms with E-state index in [9.17, 15) is 0 Å². The lowest BCUT2D eigenvalue weighted by Gasteiger charge is -2.34. The van der Waals surface area contributed by atoms with Crippen molar-refractivity contribution in [2.24, 2.45) is 0 Å². The minimum Gasteiger partial charge on any atom is -0.492 e. The molecule has 3 aromatic rings. The fourth-order valence-electron chi connectivity index (χ4n) is 4.47. The molecular weight excluding hydrogens is 402 g/mol. The zero-order valence-electron chi connectivity index (χ0n) is 18.7. The first-order valence-electron chi connectivity index (χ1n) is 11.6. The van der Waals surface area contributed by atoms with Gasteiger partial charge in [-0.1, -0.05) is 13.0 Å². The molecule has 0 amide bonds. The third-order valence-electron chi connectivity index (χ3n) is 6.24. The monoisotopic (exact) mass is 433 g/mol. The largest absolute Gasteiger partial charge is 0.492 e. The number of hydrogen-bond donors (Lipinski definition) is 0. The molecule has 7 heteroatoms. The van der Waals surface area contributed by atoms with E-state index >= 15 is 0 Å². The minimum absolute atomic E-state index is 0.706. The van der Waals surface area contributed by atoms with Gasteiger partial charge in [0.25, 0.3) is 0 Å². The summed E-state index contributed by atoms with van der Waals surface area (Å²) in [5.74, 6) is 3.92. The smallest absolute Gasteiger partial charge is 0.225 e. The van der Waals surface area contributed by atoms with E-state index in [1.54, 1.807) is 0 Å². The molecule has 0 unspecified atom stereocenters. The predicted octanol–water partition coefficient (Wildman–Crippen LogP) is 3.35. The van der Waals surface area contributed by atoms with Gasteiger partial charge >= 0.3 is 0 Å². The van der Waals surface area contributed by atoms with Crippen molar-refractivity contribution in [2.45, 2.75) is 33.0 Å². The van der Waals surface area contributed by atoms with Crippen LogP contribution in [0.15, 0.2) is 53.2 Å². The molecule has 0 N–H and O–H groups in total. The number of nitrogens with zero attached hydrogens (tertiary/aromatic N) is 5. The Balaban J connectivity index is 1.20. The SMILES string of the molecule is CCc1ccc(CN2CCOc3ccc(CN4CCN(c5ncccn5)CC4)cc3C2)o1. The summed E-state index contributed by atoms with van der Waals surface area (Å²) in [6.45, 7) is 10.3. The zero-order valence-corrected chi connectivity index (χ0v) is 18.7. The second kappa shape index (κ2) is 9.71. The highest BCUT2D eigenvalue weighted by Gasteiger charge is 2.21. The maximum Gasteiger partial charge on any atom is 0.225 e. The first-order chi connectivity index (χ1) is 15.8. The third kappa shape index (κ3) is 4.95. The first kappa shape index (κ1) is 21.0. The lowest BCUT2D eigenvalue weighted by molar-refractivity contribution is 0.205. The number of furan rings is 1. The van der Waals surface area contributed by atoms with E-state index in [1.165, 1.54) is 11.1 Å². The van der Waals surface area contributed by atoms with Crippen molar-refractivity contribution in [2.75, 3.05) is 44.2 Å². The van der Waals surface area contributed by atoms with Crippen LogP contribution in [0.2, 0.25) is 0 Å². The summed E-state index contributed by atoms with van der Waals surface area (Å²) in [5.41, 5.74) is 2.60. The van der Waals surface area contributed by atoms with Crippen LogP contribution in [-0.4, -0.2) is 59.1 Å². The van der Waals surface area contributed by atoms with Crippen molar-refractivity contribution in [1.29, 1.82) is 0 Å². The molecule has 32 heavy (non-hydrogen) atoms. The summed E-state index contributed by atoms with van der Waals surface area (Å²) in [6, 6.07) is 12.7. The van der Waals surface area contributed by atoms with Gasteiger partial charge in [0.2, 0.25) is 5.95 Å². The molecule has 1 aromatic carbocycles. The zero-order chi connectivity index (χ0) is 21.8. The molecule has 0 atom stereocenters. The van der Waals surface area contributed by atoms with Crippen molar-refractivity contribution < 1.29 is 9.15 Å². The molecule has 0 radical (unpaired) electrons. The molecule has 1 fully saturated rings. The Hall–Kier alpha value is -2.90. The molecule has 168 valence electrons. The van der Waals surface area contributed by atoms with Crippen molar-refractivity contribution in [3.05, 3.63) is 71.4 Å². The van der Waals surface area contributed by atoms with E-state index in [1.807, 2.05) is 18.5 Å². The quantitative estimate of drug-likeness (QED) is 0.591. The number of hydrogen-bond acceptors (Lipinski definition) is 7. The molecule has 2 aromatic heterocycles. The number of aromatic nitrogens is 2. The van der Waals surface area contributed by atoms with Crippen LogP contribution in [0.4, 0.5) is 5.95 Å². The number of aryl methyl sites for hydroxylation is 1. The average Bonchev–Trinajstić information content (AvgIpc) is 3.19. The average molecular weight is 434 g/mol. The first-order valence-corrected chi connectivity index (χ1v) is 11.6. The van der Waals surface area contributed by atoms with Gasteiger partial charge in [-0.15, -0.1) is 0 Å². The van der Waals surface area contributed by atoms with Crippen LogP contribution in [0, 0.1) is 0 Å². The minimum atomic E-state index is 0.706. The van der Waals surface area contributed by atoms with Gasteiger partial charge in [0.15, 0.2) is 0 Å². The van der Waals surface area contributed by atoms with Crippen LogP contribution in [0.5, 0.6) is 5.75 Å². The van der Waals surface area contributed by atoms with Crippen LogP contribution in [-0.2, 0) is 26.1 Å². The topological polar surface area (TPSA) is 57.9 Å². The highest BCUT2D eigenvalue weighted by molar-refractivity contribution is 5.38. The van der Waals surface area contributed by atoms with Gasteiger partial charge in [-0.25, -0.2) is 9.97 Å². The maximum absolute atomic E-state index is 6.04. The van der Waals surface area contributed by atoms with E-state index in [-0.39, 0.29) is 0 Å². The Labute approximate surface area is 189 Å². The molecule has 1 saturated heterocycles. The second-order valence-electron chi connectivity index (χ2n) is 8.53. The molecule has 0 saturated carbocycles. The summed E-state index contributed by atoms with van der Waals surface area (Å²) in [5, 5.41) is 0. The summed E-state index contributed by atoms with van der Waals surface area (Å²) in [4.78, 5) is 15.9. The van der Waals surface area contributed by atoms with Gasteiger partial charge in [0, 0.05) is 70.2 Å². The molecule has 2 aliphatic heterocycles. The lowest BCUT2D eigenvalue weighted by atomic mass is 10.1. The van der Waals surface area contributed by atoms with Crippen LogP contribution >= 0.6 is 0 Å². The van der Waals surface area contributed by atoms with Crippen molar-refractivity contribution >= 4 is 5.95 Å². The lowest BCUT2D eigenvalue weighted by Crippen LogP contribution is -2.46. The van der Waals surface area contributed by atoms with Gasteiger partial charge in [-0.3, -0.25) is 9.80 Å². The Morgan fingerprint density at radius 3 is 2.47 bits per heavy atom. The molecule has 2 aliphatic rings. The van der Waals surface area contributed by atoms with Crippen molar-refractivity contribution in [1.82, 2.24) is 19.8 Å². The fraction of sp³-hybridized carbons (Fsp3) is 0.440. The van der Waals surface area contributed by atoms with Gasteiger partial charge in [0.05, 0.1) is 6.54 Å². The van der Waals surface area contributed by atoms with Gasteiger partial charge in [-0.05, 0) is 35.9 Å². The second-order valence-corrected chi connectivity index (χ2v) is 8.53. The van der Waals surface area contributed by atoms with E-state index < -0.39 is 0 Å². The molecule has 4 heterocycles. The molecule has 0 bridgehead atoms. The Morgan fingerprint density at radius 1 is 0.875 bits per heavy atom. The van der Waals surface area contributed by atoms with Crippen molar-refractivity contribution in [3.63, 3.8) is 0 Å². The number of rotatable bonds is 6. The normalized spacial score (nSPS) is 17.6. The summed E-state index contributed by atoms with van der Waals surface area (Å²) >= 11 is 0.